The monoisotopic (exact) mass is 267 g/mol. The first-order chi connectivity index (χ1) is 9.83. The lowest BCUT2D eigenvalue weighted by atomic mass is 10.2. The van der Waals surface area contributed by atoms with Crippen molar-refractivity contribution in [3.05, 3.63) is 54.1 Å². The second-order valence-corrected chi connectivity index (χ2v) is 4.36. The third kappa shape index (κ3) is 2.64. The van der Waals surface area contributed by atoms with E-state index in [1.54, 1.807) is 6.20 Å². The number of nitrogens with one attached hydrogen (secondary N) is 2. The lowest BCUT2D eigenvalue weighted by molar-refractivity contribution is 0.0949. The van der Waals surface area contributed by atoms with Gasteiger partial charge in [-0.2, -0.15) is 5.10 Å². The van der Waals surface area contributed by atoms with E-state index in [0.717, 1.165) is 23.0 Å². The van der Waals surface area contributed by atoms with Crippen LogP contribution in [0.4, 0.5) is 0 Å². The fourth-order valence-electron chi connectivity index (χ4n) is 1.89. The molecule has 6 heteroatoms. The maximum atomic E-state index is 12.0. The Hall–Kier alpha value is -2.76. The van der Waals surface area contributed by atoms with E-state index >= 15 is 0 Å². The third-order valence-electron chi connectivity index (χ3n) is 2.94. The summed E-state index contributed by atoms with van der Waals surface area (Å²) in [7, 11) is 0. The van der Waals surface area contributed by atoms with Crippen LogP contribution in [0.3, 0.4) is 0 Å². The van der Waals surface area contributed by atoms with Crippen LogP contribution >= 0.6 is 0 Å². The minimum atomic E-state index is -0.216. The molecule has 0 unspecified atom stereocenters. The number of carbonyl (C=O) groups is 1. The fraction of sp³-hybridized carbons (Fsp3) is 0.143. The van der Waals surface area contributed by atoms with Crippen molar-refractivity contribution in [3.63, 3.8) is 0 Å². The van der Waals surface area contributed by atoms with Gasteiger partial charge < -0.3 is 5.32 Å². The molecule has 3 aromatic rings. The van der Waals surface area contributed by atoms with Crippen LogP contribution in [0.1, 0.15) is 16.1 Å². The second-order valence-electron chi connectivity index (χ2n) is 4.36. The predicted octanol–water partition coefficient (Wildman–Crippen LogP) is 1.33. The van der Waals surface area contributed by atoms with Crippen LogP contribution in [0, 0.1) is 0 Å². The van der Waals surface area contributed by atoms with Gasteiger partial charge in [0.1, 0.15) is 5.69 Å². The Morgan fingerprint density at radius 3 is 2.85 bits per heavy atom. The molecule has 0 fully saturated rings. The van der Waals surface area contributed by atoms with Gasteiger partial charge in [0.25, 0.3) is 5.91 Å². The minimum Gasteiger partial charge on any atom is -0.350 e. The molecule has 0 aliphatic carbocycles. The third-order valence-corrected chi connectivity index (χ3v) is 2.94. The highest BCUT2D eigenvalue weighted by atomic mass is 16.1. The van der Waals surface area contributed by atoms with E-state index in [2.05, 4.69) is 25.5 Å². The number of aromatic amines is 1. The van der Waals surface area contributed by atoms with Crippen molar-refractivity contribution in [2.75, 3.05) is 6.54 Å². The Bertz CT molecular complexity index is 723. The maximum absolute atomic E-state index is 12.0. The Labute approximate surface area is 115 Å². The largest absolute Gasteiger partial charge is 0.350 e. The molecule has 1 amide bonds. The summed E-state index contributed by atoms with van der Waals surface area (Å²) in [5.41, 5.74) is 2.88. The van der Waals surface area contributed by atoms with E-state index in [1.807, 2.05) is 30.5 Å². The molecule has 0 spiro atoms. The topological polar surface area (TPSA) is 83.6 Å². The zero-order chi connectivity index (χ0) is 13.8. The average Bonchev–Trinajstić information content (AvgIpc) is 3.00. The van der Waals surface area contributed by atoms with Gasteiger partial charge in [-0.3, -0.25) is 14.9 Å². The van der Waals surface area contributed by atoms with Gasteiger partial charge in [-0.15, -0.1) is 0 Å². The van der Waals surface area contributed by atoms with Gasteiger partial charge in [0.2, 0.25) is 0 Å². The van der Waals surface area contributed by atoms with E-state index in [4.69, 9.17) is 0 Å². The molecule has 0 aliphatic heterocycles. The molecular weight excluding hydrogens is 254 g/mol. The number of aromatic nitrogens is 4. The van der Waals surface area contributed by atoms with Crippen LogP contribution in [-0.2, 0) is 6.42 Å². The number of nitrogens with zero attached hydrogens (tertiary/aromatic N) is 3. The minimum absolute atomic E-state index is 0.216. The van der Waals surface area contributed by atoms with Crippen molar-refractivity contribution in [1.29, 1.82) is 0 Å². The van der Waals surface area contributed by atoms with Crippen LogP contribution in [0.25, 0.3) is 11.0 Å². The zero-order valence-corrected chi connectivity index (χ0v) is 10.7. The van der Waals surface area contributed by atoms with E-state index in [9.17, 15) is 4.79 Å². The van der Waals surface area contributed by atoms with Crippen LogP contribution in [0.15, 0.2) is 42.9 Å². The quantitative estimate of drug-likeness (QED) is 0.747. The number of hydrogen-bond donors (Lipinski definition) is 2. The number of carbonyl (C=O) groups excluding carboxylic acids is 1. The molecule has 2 heterocycles. The van der Waals surface area contributed by atoms with Crippen molar-refractivity contribution < 1.29 is 4.79 Å². The first kappa shape index (κ1) is 12.3. The molecule has 2 aromatic heterocycles. The van der Waals surface area contributed by atoms with Gasteiger partial charge in [-0.1, -0.05) is 12.1 Å². The summed E-state index contributed by atoms with van der Waals surface area (Å²) in [6.07, 6.45) is 5.77. The van der Waals surface area contributed by atoms with Crippen molar-refractivity contribution in [2.24, 2.45) is 0 Å². The van der Waals surface area contributed by atoms with Crippen molar-refractivity contribution >= 4 is 16.9 Å². The number of para-hydroxylation sites is 2. The molecule has 0 radical (unpaired) electrons. The normalized spacial score (nSPS) is 10.6. The molecule has 20 heavy (non-hydrogen) atoms. The molecule has 3 rings (SSSR count). The Morgan fingerprint density at radius 1 is 1.20 bits per heavy atom. The molecule has 0 aliphatic rings. The molecule has 0 saturated heterocycles. The van der Waals surface area contributed by atoms with Crippen LogP contribution < -0.4 is 5.32 Å². The van der Waals surface area contributed by atoms with Crippen LogP contribution in [0.2, 0.25) is 0 Å². The number of rotatable bonds is 4. The summed E-state index contributed by atoms with van der Waals surface area (Å²) >= 11 is 0. The SMILES string of the molecule is O=C(NCCc1cn[nH]c1)c1cnc2ccccc2n1. The zero-order valence-electron chi connectivity index (χ0n) is 10.7. The number of H-pyrrole nitrogens is 1. The van der Waals surface area contributed by atoms with E-state index in [-0.39, 0.29) is 5.91 Å². The standard InChI is InChI=1S/C14H13N5O/c20-14(15-6-5-10-7-17-18-8-10)13-9-16-11-3-1-2-4-12(11)19-13/h1-4,7-9H,5-6H2,(H,15,20)(H,17,18). The van der Waals surface area contributed by atoms with Gasteiger partial charge in [0, 0.05) is 12.7 Å². The van der Waals surface area contributed by atoms with Gasteiger partial charge in [0.15, 0.2) is 0 Å². The van der Waals surface area contributed by atoms with Crippen molar-refractivity contribution in [2.45, 2.75) is 6.42 Å². The van der Waals surface area contributed by atoms with Gasteiger partial charge in [0.05, 0.1) is 23.4 Å². The highest BCUT2D eigenvalue weighted by Crippen LogP contribution is 2.08. The second kappa shape index (κ2) is 5.48. The molecular formula is C14H13N5O. The summed E-state index contributed by atoms with van der Waals surface area (Å²) in [6.45, 7) is 0.535. The summed E-state index contributed by atoms with van der Waals surface area (Å²) in [5, 5.41) is 9.41. The highest BCUT2D eigenvalue weighted by molar-refractivity contribution is 5.93. The number of amides is 1. The molecule has 0 saturated carbocycles. The number of benzene rings is 1. The maximum Gasteiger partial charge on any atom is 0.271 e. The van der Waals surface area contributed by atoms with E-state index in [0.29, 0.717) is 12.2 Å². The Kier molecular flexibility index (Phi) is 3.36. The average molecular weight is 267 g/mol. The molecule has 0 atom stereocenters. The van der Waals surface area contributed by atoms with Crippen molar-refractivity contribution in [3.8, 4) is 0 Å². The van der Waals surface area contributed by atoms with E-state index in [1.165, 1.54) is 6.20 Å². The molecule has 0 bridgehead atoms. The summed E-state index contributed by atoms with van der Waals surface area (Å²) in [5.74, 6) is -0.216. The predicted molar refractivity (Wildman–Crippen MR) is 74.2 cm³/mol. The number of hydrogen-bond acceptors (Lipinski definition) is 4. The van der Waals surface area contributed by atoms with E-state index < -0.39 is 0 Å². The lowest BCUT2D eigenvalue weighted by Crippen LogP contribution is -2.26. The molecule has 100 valence electrons. The van der Waals surface area contributed by atoms with Crippen LogP contribution in [0.5, 0.6) is 0 Å². The van der Waals surface area contributed by atoms with Crippen molar-refractivity contribution in [1.82, 2.24) is 25.5 Å². The fourth-order valence-corrected chi connectivity index (χ4v) is 1.89. The Balaban J connectivity index is 1.66. The summed E-state index contributed by atoms with van der Waals surface area (Å²) in [6, 6.07) is 7.47. The molecule has 1 aromatic carbocycles. The van der Waals surface area contributed by atoms with Gasteiger partial charge in [-0.05, 0) is 24.1 Å². The molecule has 2 N–H and O–H groups in total. The number of fused-ring (bicyclic) bond motifs is 1. The van der Waals surface area contributed by atoms with Crippen LogP contribution in [-0.4, -0.2) is 32.6 Å². The first-order valence-electron chi connectivity index (χ1n) is 6.30. The molecule has 6 nitrogen and oxygen atoms in total. The Morgan fingerprint density at radius 2 is 2.05 bits per heavy atom. The smallest absolute Gasteiger partial charge is 0.271 e. The highest BCUT2D eigenvalue weighted by Gasteiger charge is 2.08. The summed E-state index contributed by atoms with van der Waals surface area (Å²) < 4.78 is 0. The summed E-state index contributed by atoms with van der Waals surface area (Å²) in [4.78, 5) is 20.5. The first-order valence-corrected chi connectivity index (χ1v) is 6.30. The lowest BCUT2D eigenvalue weighted by Gasteiger charge is -2.04. The van der Waals surface area contributed by atoms with Gasteiger partial charge >= 0.3 is 0 Å². The van der Waals surface area contributed by atoms with Gasteiger partial charge in [-0.25, -0.2) is 4.98 Å².